The lowest BCUT2D eigenvalue weighted by molar-refractivity contribution is 0.432. The average Bonchev–Trinajstić information content (AvgIpc) is 2.54. The van der Waals surface area contributed by atoms with Crippen molar-refractivity contribution in [3.05, 3.63) is 6.54 Å². The van der Waals surface area contributed by atoms with Crippen LogP contribution in [0.25, 0.3) is 0 Å². The van der Waals surface area contributed by atoms with Crippen LogP contribution in [0, 0.1) is 6.54 Å². The molecule has 0 saturated carbocycles. The predicted octanol–water partition coefficient (Wildman–Crippen LogP) is 7.41. The molecule has 0 aromatic carbocycles. The average molecular weight is 311 g/mol. The van der Waals surface area contributed by atoms with Gasteiger partial charge in [0, 0.05) is 12.6 Å². The smallest absolute Gasteiger partial charge is 0.0221 e. The summed E-state index contributed by atoms with van der Waals surface area (Å²) < 4.78 is 0. The van der Waals surface area contributed by atoms with Gasteiger partial charge in [-0.2, -0.15) is 0 Å². The minimum absolute atomic E-state index is 0.738. The molecule has 0 aromatic heterocycles. The van der Waals surface area contributed by atoms with Crippen molar-refractivity contribution in [2.24, 2.45) is 0 Å². The first-order valence-electron chi connectivity index (χ1n) is 10.4. The van der Waals surface area contributed by atoms with Crippen LogP contribution >= 0.6 is 0 Å². The summed E-state index contributed by atoms with van der Waals surface area (Å²) >= 11 is 0. The quantitative estimate of drug-likeness (QED) is 0.260. The minimum atomic E-state index is 0.738. The van der Waals surface area contributed by atoms with E-state index in [1.807, 2.05) is 0 Å². The van der Waals surface area contributed by atoms with E-state index >= 15 is 0 Å². The molecule has 133 valence electrons. The lowest BCUT2D eigenvalue weighted by atomic mass is 10.00. The molecule has 0 aliphatic carbocycles. The van der Waals surface area contributed by atoms with Gasteiger partial charge in [0.25, 0.3) is 0 Å². The summed E-state index contributed by atoms with van der Waals surface area (Å²) in [6, 6.07) is 0.738. The Morgan fingerprint density at radius 2 is 1.00 bits per heavy atom. The zero-order valence-electron chi connectivity index (χ0n) is 16.0. The van der Waals surface area contributed by atoms with Gasteiger partial charge >= 0.3 is 0 Å². The van der Waals surface area contributed by atoms with Gasteiger partial charge in [-0.3, -0.25) is 0 Å². The van der Waals surface area contributed by atoms with Crippen LogP contribution in [-0.2, 0) is 0 Å². The first-order chi connectivity index (χ1) is 10.8. The molecule has 0 spiro atoms. The van der Waals surface area contributed by atoms with E-state index in [0.717, 1.165) is 12.5 Å². The molecule has 0 heterocycles. The fourth-order valence-corrected chi connectivity index (χ4v) is 3.11. The van der Waals surface area contributed by atoms with Crippen molar-refractivity contribution in [2.45, 2.75) is 130 Å². The van der Waals surface area contributed by atoms with E-state index in [1.165, 1.54) is 96.3 Å². The summed E-state index contributed by atoms with van der Waals surface area (Å²) in [5.74, 6) is 0. The highest BCUT2D eigenvalue weighted by molar-refractivity contribution is 4.72. The Morgan fingerprint density at radius 1 is 0.591 bits per heavy atom. The summed E-state index contributed by atoms with van der Waals surface area (Å²) in [5, 5.41) is 3.66. The largest absolute Gasteiger partial charge is 0.310 e. The molecule has 0 amide bonds. The molecule has 0 saturated heterocycles. The minimum Gasteiger partial charge on any atom is -0.310 e. The van der Waals surface area contributed by atoms with Gasteiger partial charge in [0.05, 0.1) is 0 Å². The fourth-order valence-electron chi connectivity index (χ4n) is 3.11. The maximum atomic E-state index is 3.66. The third kappa shape index (κ3) is 16.3. The van der Waals surface area contributed by atoms with E-state index in [2.05, 4.69) is 32.6 Å². The Labute approximate surface area is 142 Å². The Bertz CT molecular complexity index is 190. The van der Waals surface area contributed by atoms with Crippen LogP contribution < -0.4 is 5.32 Å². The Hall–Kier alpha value is -0.0400. The molecule has 0 aromatic rings. The van der Waals surface area contributed by atoms with Crippen molar-refractivity contribution >= 4 is 0 Å². The van der Waals surface area contributed by atoms with Crippen molar-refractivity contribution in [1.82, 2.24) is 5.32 Å². The molecule has 0 aliphatic rings. The summed E-state index contributed by atoms with van der Waals surface area (Å²) in [5.41, 5.74) is 0. The van der Waals surface area contributed by atoms with Gasteiger partial charge in [0.15, 0.2) is 0 Å². The maximum Gasteiger partial charge on any atom is 0.0221 e. The van der Waals surface area contributed by atoms with E-state index < -0.39 is 0 Å². The summed E-state index contributed by atoms with van der Waals surface area (Å²) in [4.78, 5) is 0. The zero-order valence-corrected chi connectivity index (χ0v) is 16.0. The van der Waals surface area contributed by atoms with Gasteiger partial charge in [-0.15, -0.1) is 0 Å². The highest BCUT2D eigenvalue weighted by Gasteiger charge is 2.07. The number of rotatable bonds is 18. The van der Waals surface area contributed by atoms with Gasteiger partial charge in [-0.25, -0.2) is 0 Å². The van der Waals surface area contributed by atoms with Crippen molar-refractivity contribution in [3.8, 4) is 0 Å². The number of hydrogen-bond acceptors (Lipinski definition) is 1. The third-order valence-corrected chi connectivity index (χ3v) is 4.62. The van der Waals surface area contributed by atoms with Crippen LogP contribution in [-0.4, -0.2) is 6.04 Å². The van der Waals surface area contributed by atoms with Crippen LogP contribution in [0.4, 0.5) is 0 Å². The molecule has 22 heavy (non-hydrogen) atoms. The van der Waals surface area contributed by atoms with Crippen LogP contribution in [0.2, 0.25) is 0 Å². The van der Waals surface area contributed by atoms with Gasteiger partial charge in [0.2, 0.25) is 0 Å². The fraction of sp³-hybridized carbons (Fsp3) is 0.952. The molecule has 1 radical (unpaired) electrons. The van der Waals surface area contributed by atoms with Crippen molar-refractivity contribution < 1.29 is 0 Å². The highest BCUT2D eigenvalue weighted by atomic mass is 14.9. The molecule has 1 nitrogen and oxygen atoms in total. The van der Waals surface area contributed by atoms with Gasteiger partial charge in [0.1, 0.15) is 0 Å². The second kappa shape index (κ2) is 19.0. The molecule has 0 aliphatic heterocycles. The molecular formula is C21H44N. The second-order valence-electron chi connectivity index (χ2n) is 6.94. The molecule has 0 rings (SSSR count). The van der Waals surface area contributed by atoms with Gasteiger partial charge in [-0.1, -0.05) is 104 Å². The van der Waals surface area contributed by atoms with E-state index in [0.29, 0.717) is 0 Å². The Morgan fingerprint density at radius 3 is 1.41 bits per heavy atom. The summed E-state index contributed by atoms with van der Waals surface area (Å²) in [7, 11) is 0. The highest BCUT2D eigenvalue weighted by Crippen LogP contribution is 2.15. The molecular weight excluding hydrogens is 266 g/mol. The molecule has 0 fully saturated rings. The summed E-state index contributed by atoms with van der Waals surface area (Å²) in [6.45, 7) is 9.08. The second-order valence-corrected chi connectivity index (χ2v) is 6.94. The van der Waals surface area contributed by atoms with Crippen LogP contribution in [0.5, 0.6) is 0 Å². The van der Waals surface area contributed by atoms with E-state index in [-0.39, 0.29) is 0 Å². The standard InChI is InChI=1S/C21H44N/c1-4-7-9-11-13-15-17-19-21(22-20-6-3)18-16-14-12-10-8-5-2/h20-22H,4-19H2,1-3H3. The zero-order chi connectivity index (χ0) is 16.3. The first-order valence-corrected chi connectivity index (χ1v) is 10.4. The lowest BCUT2D eigenvalue weighted by Gasteiger charge is -2.18. The Balaban J connectivity index is 3.56. The normalized spacial score (nSPS) is 12.7. The maximum absolute atomic E-state index is 3.66. The SMILES string of the molecule is CC[CH]NC(CCCCCCCC)CCCCCCCCC. The lowest BCUT2D eigenvalue weighted by Crippen LogP contribution is -2.26. The molecule has 1 heteroatoms. The number of unbranched alkanes of at least 4 members (excludes halogenated alkanes) is 11. The van der Waals surface area contributed by atoms with Crippen LogP contribution in [0.1, 0.15) is 124 Å². The molecule has 1 N–H and O–H groups in total. The topological polar surface area (TPSA) is 12.0 Å². The van der Waals surface area contributed by atoms with Crippen molar-refractivity contribution in [2.75, 3.05) is 0 Å². The van der Waals surface area contributed by atoms with Crippen LogP contribution in [0.15, 0.2) is 0 Å². The van der Waals surface area contributed by atoms with Crippen molar-refractivity contribution in [1.29, 1.82) is 0 Å². The number of nitrogens with one attached hydrogen (secondary N) is 1. The first kappa shape index (κ1) is 22.0. The van der Waals surface area contributed by atoms with Gasteiger partial charge < -0.3 is 5.32 Å². The van der Waals surface area contributed by atoms with E-state index in [9.17, 15) is 0 Å². The third-order valence-electron chi connectivity index (χ3n) is 4.62. The molecule has 1 unspecified atom stereocenters. The van der Waals surface area contributed by atoms with E-state index in [1.54, 1.807) is 0 Å². The number of hydrogen-bond donors (Lipinski definition) is 1. The van der Waals surface area contributed by atoms with Crippen LogP contribution in [0.3, 0.4) is 0 Å². The van der Waals surface area contributed by atoms with Crippen molar-refractivity contribution in [3.63, 3.8) is 0 Å². The summed E-state index contributed by atoms with van der Waals surface area (Å²) in [6.07, 6.45) is 22.4. The van der Waals surface area contributed by atoms with Gasteiger partial charge in [-0.05, 0) is 19.3 Å². The predicted molar refractivity (Wildman–Crippen MR) is 102 cm³/mol. The monoisotopic (exact) mass is 310 g/mol. The molecule has 1 atom stereocenters. The Kier molecular flexibility index (Phi) is 19.0. The van der Waals surface area contributed by atoms with E-state index in [4.69, 9.17) is 0 Å². The molecule has 0 bridgehead atoms.